The second-order valence-electron chi connectivity index (χ2n) is 4.97. The molecule has 0 fully saturated rings. The standard InChI is InChI=1S/C15H20N2O2S/c1-10(5-12-3-4-20-9-12)16-7-14-13(8-18)6-17-11(2)15(14)19/h3-4,6,9-10,16,18-19H,5,7-8H2,1-2H3. The van der Waals surface area contributed by atoms with E-state index in [9.17, 15) is 10.2 Å². The summed E-state index contributed by atoms with van der Waals surface area (Å²) in [5.41, 5.74) is 3.30. The molecule has 108 valence electrons. The van der Waals surface area contributed by atoms with Crippen molar-refractivity contribution in [3.05, 3.63) is 45.4 Å². The van der Waals surface area contributed by atoms with Gasteiger partial charge in [-0.1, -0.05) is 0 Å². The van der Waals surface area contributed by atoms with Crippen LogP contribution in [0, 0.1) is 6.92 Å². The van der Waals surface area contributed by atoms with Crippen LogP contribution < -0.4 is 5.32 Å². The number of thiophene rings is 1. The molecule has 1 unspecified atom stereocenters. The first-order valence-electron chi connectivity index (χ1n) is 6.63. The first-order valence-corrected chi connectivity index (χ1v) is 7.57. The molecule has 0 saturated heterocycles. The van der Waals surface area contributed by atoms with E-state index < -0.39 is 0 Å². The van der Waals surface area contributed by atoms with E-state index in [-0.39, 0.29) is 12.4 Å². The maximum atomic E-state index is 10.1. The van der Waals surface area contributed by atoms with Gasteiger partial charge in [0.05, 0.1) is 12.3 Å². The molecule has 0 aliphatic heterocycles. The van der Waals surface area contributed by atoms with Gasteiger partial charge in [0.15, 0.2) is 0 Å². The summed E-state index contributed by atoms with van der Waals surface area (Å²) >= 11 is 1.70. The Labute approximate surface area is 123 Å². The van der Waals surface area contributed by atoms with Crippen molar-refractivity contribution in [1.29, 1.82) is 0 Å². The van der Waals surface area contributed by atoms with Gasteiger partial charge >= 0.3 is 0 Å². The Hall–Kier alpha value is -1.43. The fourth-order valence-corrected chi connectivity index (χ4v) is 2.81. The first-order chi connectivity index (χ1) is 9.61. The Kier molecular flexibility index (Phi) is 5.11. The van der Waals surface area contributed by atoms with Crippen LogP contribution in [0.3, 0.4) is 0 Å². The quantitative estimate of drug-likeness (QED) is 0.765. The number of hydrogen-bond donors (Lipinski definition) is 3. The smallest absolute Gasteiger partial charge is 0.141 e. The molecule has 0 aliphatic rings. The van der Waals surface area contributed by atoms with Crippen LogP contribution in [-0.4, -0.2) is 21.2 Å². The zero-order valence-corrected chi connectivity index (χ0v) is 12.6. The molecule has 0 radical (unpaired) electrons. The molecule has 0 amide bonds. The van der Waals surface area contributed by atoms with Crippen LogP contribution >= 0.6 is 11.3 Å². The molecule has 0 aliphatic carbocycles. The molecule has 2 aromatic heterocycles. The predicted octanol–water partition coefficient (Wildman–Crippen LogP) is 2.37. The van der Waals surface area contributed by atoms with Crippen LogP contribution in [0.2, 0.25) is 0 Å². The van der Waals surface area contributed by atoms with Crippen molar-refractivity contribution >= 4 is 11.3 Å². The summed E-state index contributed by atoms with van der Waals surface area (Å²) in [6.45, 7) is 4.28. The number of pyridine rings is 1. The van der Waals surface area contributed by atoms with E-state index in [2.05, 4.69) is 34.1 Å². The number of nitrogens with zero attached hydrogens (tertiary/aromatic N) is 1. The maximum Gasteiger partial charge on any atom is 0.141 e. The third-order valence-electron chi connectivity index (χ3n) is 3.35. The van der Waals surface area contributed by atoms with E-state index in [1.807, 2.05) is 0 Å². The first kappa shape index (κ1) is 15.0. The lowest BCUT2D eigenvalue weighted by Gasteiger charge is -2.16. The minimum Gasteiger partial charge on any atom is -0.506 e. The molecule has 5 heteroatoms. The Balaban J connectivity index is 2.01. The van der Waals surface area contributed by atoms with Gasteiger partial charge in [-0.25, -0.2) is 0 Å². The number of aromatic nitrogens is 1. The monoisotopic (exact) mass is 292 g/mol. The van der Waals surface area contributed by atoms with E-state index in [4.69, 9.17) is 0 Å². The molecule has 4 nitrogen and oxygen atoms in total. The summed E-state index contributed by atoms with van der Waals surface area (Å²) in [7, 11) is 0. The lowest BCUT2D eigenvalue weighted by Crippen LogP contribution is -2.28. The summed E-state index contributed by atoms with van der Waals surface area (Å²) in [6, 6.07) is 2.42. The SMILES string of the molecule is Cc1ncc(CO)c(CNC(C)Cc2ccsc2)c1O. The highest BCUT2D eigenvalue weighted by molar-refractivity contribution is 7.07. The van der Waals surface area contributed by atoms with Crippen LogP contribution in [0.5, 0.6) is 5.75 Å². The number of nitrogens with one attached hydrogen (secondary N) is 1. The van der Waals surface area contributed by atoms with E-state index in [0.29, 0.717) is 23.8 Å². The predicted molar refractivity (Wildman–Crippen MR) is 80.9 cm³/mol. The molecule has 3 N–H and O–H groups in total. The van der Waals surface area contributed by atoms with Crippen molar-refractivity contribution in [3.63, 3.8) is 0 Å². The summed E-state index contributed by atoms with van der Waals surface area (Å²) in [6.07, 6.45) is 2.57. The van der Waals surface area contributed by atoms with E-state index in [1.165, 1.54) is 5.56 Å². The Morgan fingerprint density at radius 1 is 1.45 bits per heavy atom. The van der Waals surface area contributed by atoms with Crippen molar-refractivity contribution in [1.82, 2.24) is 10.3 Å². The second-order valence-corrected chi connectivity index (χ2v) is 5.75. The molecular weight excluding hydrogens is 272 g/mol. The van der Waals surface area contributed by atoms with Gasteiger partial charge in [-0.15, -0.1) is 0 Å². The Bertz CT molecular complexity index is 555. The van der Waals surface area contributed by atoms with E-state index in [1.54, 1.807) is 24.5 Å². The molecule has 2 rings (SSSR count). The van der Waals surface area contributed by atoms with Crippen molar-refractivity contribution < 1.29 is 10.2 Å². The Morgan fingerprint density at radius 2 is 2.25 bits per heavy atom. The topological polar surface area (TPSA) is 65.4 Å². The maximum absolute atomic E-state index is 10.1. The van der Waals surface area contributed by atoms with E-state index in [0.717, 1.165) is 12.0 Å². The van der Waals surface area contributed by atoms with Crippen molar-refractivity contribution in [3.8, 4) is 5.75 Å². The van der Waals surface area contributed by atoms with Gasteiger partial charge < -0.3 is 15.5 Å². The molecule has 2 aromatic rings. The number of rotatable bonds is 6. The molecule has 0 spiro atoms. The van der Waals surface area contributed by atoms with Crippen LogP contribution in [0.15, 0.2) is 23.0 Å². The second kappa shape index (κ2) is 6.83. The zero-order valence-electron chi connectivity index (χ0n) is 11.8. The number of hydrogen-bond acceptors (Lipinski definition) is 5. The van der Waals surface area contributed by atoms with Crippen molar-refractivity contribution in [2.75, 3.05) is 0 Å². The molecule has 2 heterocycles. The highest BCUT2D eigenvalue weighted by Crippen LogP contribution is 2.23. The van der Waals surface area contributed by atoms with Gasteiger partial charge in [0, 0.05) is 29.9 Å². The Morgan fingerprint density at radius 3 is 2.90 bits per heavy atom. The summed E-state index contributed by atoms with van der Waals surface area (Å²) in [4.78, 5) is 4.06. The average Bonchev–Trinajstić information content (AvgIpc) is 2.93. The molecule has 0 aromatic carbocycles. The normalized spacial score (nSPS) is 12.6. The summed E-state index contributed by atoms with van der Waals surface area (Å²) in [5.74, 6) is 0.173. The van der Waals surface area contributed by atoms with Gasteiger partial charge in [-0.05, 0) is 42.7 Å². The van der Waals surface area contributed by atoms with Gasteiger partial charge in [-0.3, -0.25) is 4.98 Å². The van der Waals surface area contributed by atoms with Gasteiger partial charge in [0.1, 0.15) is 5.75 Å². The molecule has 1 atom stereocenters. The lowest BCUT2D eigenvalue weighted by molar-refractivity contribution is 0.278. The third kappa shape index (κ3) is 3.56. The number of aliphatic hydroxyl groups excluding tert-OH is 1. The van der Waals surface area contributed by atoms with Crippen LogP contribution in [-0.2, 0) is 19.6 Å². The van der Waals surface area contributed by atoms with Crippen molar-refractivity contribution in [2.45, 2.75) is 39.5 Å². The fraction of sp³-hybridized carbons (Fsp3) is 0.400. The summed E-state index contributed by atoms with van der Waals surface area (Å²) in [5, 5.41) is 27.0. The summed E-state index contributed by atoms with van der Waals surface area (Å²) < 4.78 is 0. The average molecular weight is 292 g/mol. The molecule has 0 saturated carbocycles. The largest absolute Gasteiger partial charge is 0.506 e. The zero-order chi connectivity index (χ0) is 14.5. The van der Waals surface area contributed by atoms with Crippen LogP contribution in [0.1, 0.15) is 29.3 Å². The van der Waals surface area contributed by atoms with E-state index >= 15 is 0 Å². The van der Waals surface area contributed by atoms with Gasteiger partial charge in [-0.2, -0.15) is 11.3 Å². The molecule has 0 bridgehead atoms. The molecular formula is C15H20N2O2S. The number of aromatic hydroxyl groups is 1. The lowest BCUT2D eigenvalue weighted by atomic mass is 10.1. The number of aryl methyl sites for hydroxylation is 1. The third-order valence-corrected chi connectivity index (χ3v) is 4.08. The van der Waals surface area contributed by atoms with Crippen LogP contribution in [0.4, 0.5) is 0 Å². The minimum atomic E-state index is -0.114. The van der Waals surface area contributed by atoms with Crippen LogP contribution in [0.25, 0.3) is 0 Å². The fourth-order valence-electron chi connectivity index (χ4n) is 2.13. The molecule has 20 heavy (non-hydrogen) atoms. The highest BCUT2D eigenvalue weighted by Gasteiger charge is 2.12. The van der Waals surface area contributed by atoms with Crippen molar-refractivity contribution in [2.24, 2.45) is 0 Å². The highest BCUT2D eigenvalue weighted by atomic mass is 32.1. The number of aliphatic hydroxyl groups is 1. The van der Waals surface area contributed by atoms with Gasteiger partial charge in [0.2, 0.25) is 0 Å². The van der Waals surface area contributed by atoms with Gasteiger partial charge in [0.25, 0.3) is 0 Å². The minimum absolute atomic E-state index is 0.114.